The lowest BCUT2D eigenvalue weighted by molar-refractivity contribution is -0.105. The second-order valence-electron chi connectivity index (χ2n) is 6.86. The quantitative estimate of drug-likeness (QED) is 0.797. The summed E-state index contributed by atoms with van der Waals surface area (Å²) < 4.78 is 7.28. The van der Waals surface area contributed by atoms with E-state index in [-0.39, 0.29) is 18.6 Å². The maximum atomic E-state index is 12.5. The lowest BCUT2D eigenvalue weighted by Gasteiger charge is -2.47. The third-order valence-electron chi connectivity index (χ3n) is 5.17. The van der Waals surface area contributed by atoms with Gasteiger partial charge >= 0.3 is 0 Å². The molecule has 140 valence electrons. The molecule has 2 aromatic rings. The number of carbonyl (C=O) groups excluding carboxylic acids is 1. The normalized spacial score (nSPS) is 23.8. The van der Waals surface area contributed by atoms with Crippen LogP contribution in [0.2, 0.25) is 0 Å². The smallest absolute Gasteiger partial charge is 0.251 e. The van der Waals surface area contributed by atoms with Crippen LogP contribution < -0.4 is 5.32 Å². The van der Waals surface area contributed by atoms with Gasteiger partial charge in [-0.2, -0.15) is 0 Å². The van der Waals surface area contributed by atoms with Gasteiger partial charge in [-0.25, -0.2) is 4.68 Å². The molecule has 0 radical (unpaired) electrons. The van der Waals surface area contributed by atoms with Crippen LogP contribution in [0.4, 0.5) is 0 Å². The molecule has 1 amide bonds. The van der Waals surface area contributed by atoms with Crippen LogP contribution in [0.15, 0.2) is 30.5 Å². The van der Waals surface area contributed by atoms with Crippen molar-refractivity contribution in [1.82, 2.24) is 25.2 Å². The Kier molecular flexibility index (Phi) is 5.36. The average Bonchev–Trinajstić information content (AvgIpc) is 3.09. The Hall–Kier alpha value is -2.29. The Balaban J connectivity index is 1.67. The minimum Gasteiger partial charge on any atom is -0.394 e. The van der Waals surface area contributed by atoms with Gasteiger partial charge in [-0.3, -0.25) is 9.69 Å². The molecule has 0 unspecified atom stereocenters. The number of nitrogens with one attached hydrogen (secondary N) is 1. The van der Waals surface area contributed by atoms with Crippen LogP contribution in [0.3, 0.4) is 0 Å². The maximum Gasteiger partial charge on any atom is 0.251 e. The van der Waals surface area contributed by atoms with E-state index in [9.17, 15) is 9.90 Å². The van der Waals surface area contributed by atoms with E-state index in [1.54, 1.807) is 23.0 Å². The molecule has 2 heterocycles. The third kappa shape index (κ3) is 3.48. The fraction of sp³-hybridized carbons (Fsp3) is 0.500. The van der Waals surface area contributed by atoms with Crippen LogP contribution in [-0.2, 0) is 11.8 Å². The molecule has 0 saturated carbocycles. The SMILES string of the molecule is C[C@@H]1COC[C@@](CO)(CNC(=O)c2ccc(-c3cnnn3C)cc2)N1C. The van der Waals surface area contributed by atoms with Crippen molar-refractivity contribution < 1.29 is 14.6 Å². The van der Waals surface area contributed by atoms with Crippen LogP contribution in [0.25, 0.3) is 11.3 Å². The Morgan fingerprint density at radius 3 is 2.73 bits per heavy atom. The monoisotopic (exact) mass is 359 g/mol. The number of aromatic nitrogens is 3. The van der Waals surface area contributed by atoms with Gasteiger partial charge in [0.15, 0.2) is 0 Å². The van der Waals surface area contributed by atoms with Gasteiger partial charge in [0, 0.05) is 30.8 Å². The summed E-state index contributed by atoms with van der Waals surface area (Å²) in [7, 11) is 3.77. The molecule has 0 aliphatic carbocycles. The van der Waals surface area contributed by atoms with E-state index in [1.807, 2.05) is 33.2 Å². The van der Waals surface area contributed by atoms with Gasteiger partial charge in [-0.1, -0.05) is 17.3 Å². The molecular weight excluding hydrogens is 334 g/mol. The lowest BCUT2D eigenvalue weighted by Crippen LogP contribution is -2.65. The van der Waals surface area contributed by atoms with Crippen LogP contribution >= 0.6 is 0 Å². The number of nitrogens with zero attached hydrogens (tertiary/aromatic N) is 4. The molecule has 1 aliphatic rings. The summed E-state index contributed by atoms with van der Waals surface area (Å²) in [5.41, 5.74) is 1.78. The van der Waals surface area contributed by atoms with Crippen molar-refractivity contribution in [2.24, 2.45) is 7.05 Å². The number of aliphatic hydroxyl groups is 1. The second-order valence-corrected chi connectivity index (χ2v) is 6.86. The van der Waals surface area contributed by atoms with Crippen LogP contribution in [0, 0.1) is 0 Å². The zero-order valence-electron chi connectivity index (χ0n) is 15.3. The number of ether oxygens (including phenoxy) is 1. The van der Waals surface area contributed by atoms with E-state index < -0.39 is 5.54 Å². The number of aliphatic hydroxyl groups excluding tert-OH is 1. The van der Waals surface area contributed by atoms with E-state index in [2.05, 4.69) is 20.5 Å². The van der Waals surface area contributed by atoms with Crippen molar-refractivity contribution in [3.05, 3.63) is 36.0 Å². The summed E-state index contributed by atoms with van der Waals surface area (Å²) in [4.78, 5) is 14.6. The largest absolute Gasteiger partial charge is 0.394 e. The molecule has 2 N–H and O–H groups in total. The maximum absolute atomic E-state index is 12.5. The van der Waals surface area contributed by atoms with Crippen molar-refractivity contribution in [1.29, 1.82) is 0 Å². The molecule has 1 aromatic heterocycles. The molecule has 0 spiro atoms. The number of carbonyl (C=O) groups is 1. The fourth-order valence-electron chi connectivity index (χ4n) is 3.18. The highest BCUT2D eigenvalue weighted by Gasteiger charge is 2.40. The number of morpholine rings is 1. The van der Waals surface area contributed by atoms with Gasteiger partial charge in [0.05, 0.1) is 37.3 Å². The fourth-order valence-corrected chi connectivity index (χ4v) is 3.18. The van der Waals surface area contributed by atoms with Crippen molar-refractivity contribution in [2.75, 3.05) is 33.4 Å². The van der Waals surface area contributed by atoms with E-state index >= 15 is 0 Å². The van der Waals surface area contributed by atoms with Gasteiger partial charge in [-0.05, 0) is 26.1 Å². The standard InChI is InChI=1S/C18H25N5O3/c1-13-9-26-12-18(11-24,22(13)2)10-19-17(25)15-6-4-14(5-7-15)16-8-20-21-23(16)3/h4-8,13,24H,9-12H2,1-3H3,(H,19,25)/t13-,18+/m1/s1. The van der Waals surface area contributed by atoms with E-state index in [4.69, 9.17) is 4.74 Å². The zero-order chi connectivity index (χ0) is 18.7. The first-order chi connectivity index (χ1) is 12.5. The first-order valence-corrected chi connectivity index (χ1v) is 8.62. The summed E-state index contributed by atoms with van der Waals surface area (Å²) in [5.74, 6) is -0.181. The van der Waals surface area contributed by atoms with Crippen molar-refractivity contribution in [3.63, 3.8) is 0 Å². The topological polar surface area (TPSA) is 92.5 Å². The molecule has 8 nitrogen and oxygen atoms in total. The van der Waals surface area contributed by atoms with Crippen molar-refractivity contribution in [3.8, 4) is 11.3 Å². The number of benzene rings is 1. The highest BCUT2D eigenvalue weighted by Crippen LogP contribution is 2.22. The van der Waals surface area contributed by atoms with E-state index in [1.165, 1.54) is 0 Å². The van der Waals surface area contributed by atoms with E-state index in [0.717, 1.165) is 11.3 Å². The first-order valence-electron chi connectivity index (χ1n) is 8.62. The number of amides is 1. The molecule has 1 aromatic carbocycles. The number of hydrogen-bond acceptors (Lipinski definition) is 6. The summed E-state index contributed by atoms with van der Waals surface area (Å²) >= 11 is 0. The van der Waals surface area contributed by atoms with Crippen LogP contribution in [0.1, 0.15) is 17.3 Å². The summed E-state index contributed by atoms with van der Waals surface area (Å²) in [6.07, 6.45) is 1.68. The molecule has 8 heteroatoms. The number of hydrogen-bond donors (Lipinski definition) is 2. The van der Waals surface area contributed by atoms with Gasteiger partial charge in [-0.15, -0.1) is 5.10 Å². The average molecular weight is 359 g/mol. The molecule has 1 fully saturated rings. The summed E-state index contributed by atoms with van der Waals surface area (Å²) in [6, 6.07) is 7.46. The molecule has 1 saturated heterocycles. The molecule has 1 aliphatic heterocycles. The Bertz CT molecular complexity index is 760. The minimum atomic E-state index is -0.604. The number of aryl methyl sites for hydroxylation is 1. The lowest BCUT2D eigenvalue weighted by atomic mass is 9.96. The van der Waals surface area contributed by atoms with Crippen LogP contribution in [-0.4, -0.2) is 75.9 Å². The highest BCUT2D eigenvalue weighted by molar-refractivity contribution is 5.94. The van der Waals surface area contributed by atoms with Crippen LogP contribution in [0.5, 0.6) is 0 Å². The Morgan fingerprint density at radius 2 is 2.12 bits per heavy atom. The zero-order valence-corrected chi connectivity index (χ0v) is 15.3. The van der Waals surface area contributed by atoms with Crippen molar-refractivity contribution >= 4 is 5.91 Å². The second kappa shape index (κ2) is 7.53. The van der Waals surface area contributed by atoms with Gasteiger partial charge in [0.1, 0.15) is 0 Å². The predicted octanol–water partition coefficient (Wildman–Crippen LogP) is 0.294. The van der Waals surface area contributed by atoms with Gasteiger partial charge in [0.25, 0.3) is 5.91 Å². The minimum absolute atomic E-state index is 0.0828. The number of rotatable bonds is 5. The molecule has 0 bridgehead atoms. The molecule has 26 heavy (non-hydrogen) atoms. The third-order valence-corrected chi connectivity index (χ3v) is 5.17. The van der Waals surface area contributed by atoms with Gasteiger partial charge < -0.3 is 15.2 Å². The van der Waals surface area contributed by atoms with Gasteiger partial charge in [0.2, 0.25) is 0 Å². The number of likely N-dealkylation sites (N-methyl/N-ethyl adjacent to an activating group) is 1. The molecule has 3 rings (SSSR count). The van der Waals surface area contributed by atoms with E-state index in [0.29, 0.717) is 25.3 Å². The Labute approximate surface area is 152 Å². The molecular formula is C18H25N5O3. The summed E-state index contributed by atoms with van der Waals surface area (Å²) in [5, 5.41) is 20.6. The Morgan fingerprint density at radius 1 is 1.38 bits per heavy atom. The molecule has 2 atom stereocenters. The predicted molar refractivity (Wildman–Crippen MR) is 96.6 cm³/mol. The highest BCUT2D eigenvalue weighted by atomic mass is 16.5. The summed E-state index contributed by atoms with van der Waals surface area (Å²) in [6.45, 7) is 3.28. The van der Waals surface area contributed by atoms with Crippen molar-refractivity contribution in [2.45, 2.75) is 18.5 Å². The first kappa shape index (κ1) is 18.5.